The molecular formula is C32H38F3N3O4S. The molecule has 1 N–H and O–H groups in total. The Kier molecular flexibility index (Phi) is 11.8. The zero-order chi connectivity index (χ0) is 31.6. The number of carbonyl (C=O) groups excluding carboxylic acids is 2. The number of nitrogens with zero attached hydrogens (tertiary/aromatic N) is 2. The normalized spacial score (nSPS) is 12.4. The van der Waals surface area contributed by atoms with Crippen LogP contribution in [0.3, 0.4) is 0 Å². The summed E-state index contributed by atoms with van der Waals surface area (Å²) in [5.74, 6) is -0.667. The summed E-state index contributed by atoms with van der Waals surface area (Å²) in [6.07, 6.45) is -2.84. The largest absolute Gasteiger partial charge is 0.416 e. The maximum Gasteiger partial charge on any atom is 0.416 e. The van der Waals surface area contributed by atoms with Crippen LogP contribution in [0, 0.1) is 6.92 Å². The van der Waals surface area contributed by atoms with E-state index in [2.05, 4.69) is 5.32 Å². The van der Waals surface area contributed by atoms with E-state index in [1.54, 1.807) is 0 Å². The molecule has 0 aliphatic carbocycles. The molecule has 2 amide bonds. The number of rotatable bonds is 14. The highest BCUT2D eigenvalue weighted by atomic mass is 32.2. The molecule has 0 aliphatic heterocycles. The molecule has 3 aromatic carbocycles. The Hall–Kier alpha value is -3.86. The molecule has 0 fully saturated rings. The Morgan fingerprint density at radius 1 is 0.930 bits per heavy atom. The van der Waals surface area contributed by atoms with Gasteiger partial charge in [-0.1, -0.05) is 73.2 Å². The lowest BCUT2D eigenvalue weighted by Gasteiger charge is -2.32. The van der Waals surface area contributed by atoms with Crippen molar-refractivity contribution in [3.05, 3.63) is 101 Å². The number of hydrogen-bond acceptors (Lipinski definition) is 4. The minimum atomic E-state index is -4.64. The van der Waals surface area contributed by atoms with Crippen molar-refractivity contribution in [2.24, 2.45) is 0 Å². The first-order valence-corrected chi connectivity index (χ1v) is 16.0. The van der Waals surface area contributed by atoms with Gasteiger partial charge in [-0.3, -0.25) is 13.9 Å². The van der Waals surface area contributed by atoms with Crippen molar-refractivity contribution in [2.45, 2.75) is 58.3 Å². The van der Waals surface area contributed by atoms with E-state index in [1.807, 2.05) is 68.4 Å². The van der Waals surface area contributed by atoms with Gasteiger partial charge in [0.2, 0.25) is 21.8 Å². The molecule has 232 valence electrons. The van der Waals surface area contributed by atoms with Gasteiger partial charge in [-0.25, -0.2) is 8.42 Å². The summed E-state index contributed by atoms with van der Waals surface area (Å²) >= 11 is 0. The van der Waals surface area contributed by atoms with Crippen molar-refractivity contribution < 1.29 is 31.2 Å². The zero-order valence-electron chi connectivity index (χ0n) is 24.6. The van der Waals surface area contributed by atoms with Gasteiger partial charge in [0.05, 0.1) is 17.5 Å². The van der Waals surface area contributed by atoms with E-state index >= 15 is 0 Å². The van der Waals surface area contributed by atoms with Crippen LogP contribution in [0.25, 0.3) is 0 Å². The molecule has 0 saturated heterocycles. The van der Waals surface area contributed by atoms with E-state index in [-0.39, 0.29) is 49.9 Å². The highest BCUT2D eigenvalue weighted by Gasteiger charge is 2.32. The Balaban J connectivity index is 1.89. The first-order chi connectivity index (χ1) is 20.3. The third kappa shape index (κ3) is 10.1. The Morgan fingerprint density at radius 2 is 1.60 bits per heavy atom. The Labute approximate surface area is 251 Å². The first kappa shape index (κ1) is 33.6. The third-order valence-corrected chi connectivity index (χ3v) is 8.06. The molecular weight excluding hydrogens is 579 g/mol. The molecule has 0 heterocycles. The fourth-order valence-electron chi connectivity index (χ4n) is 4.77. The molecule has 0 saturated carbocycles. The highest BCUT2D eigenvalue weighted by Crippen LogP contribution is 2.32. The molecule has 7 nitrogen and oxygen atoms in total. The van der Waals surface area contributed by atoms with Gasteiger partial charge in [-0.15, -0.1) is 0 Å². The average molecular weight is 618 g/mol. The fourth-order valence-corrected chi connectivity index (χ4v) is 5.73. The predicted octanol–water partition coefficient (Wildman–Crippen LogP) is 5.73. The van der Waals surface area contributed by atoms with Crippen molar-refractivity contribution in [3.8, 4) is 0 Å². The van der Waals surface area contributed by atoms with Crippen LogP contribution in [0.1, 0.15) is 48.4 Å². The maximum absolute atomic E-state index is 13.8. The van der Waals surface area contributed by atoms with Crippen LogP contribution in [0.5, 0.6) is 0 Å². The number of halogens is 3. The van der Waals surface area contributed by atoms with Gasteiger partial charge in [-0.2, -0.15) is 13.2 Å². The van der Waals surface area contributed by atoms with Gasteiger partial charge in [0.15, 0.2) is 0 Å². The number of nitrogens with one attached hydrogen (secondary N) is 1. The van der Waals surface area contributed by atoms with Crippen LogP contribution in [-0.2, 0) is 38.8 Å². The smallest absolute Gasteiger partial charge is 0.354 e. The van der Waals surface area contributed by atoms with Crippen molar-refractivity contribution in [2.75, 3.05) is 23.7 Å². The summed E-state index contributed by atoms with van der Waals surface area (Å²) in [5.41, 5.74) is 1.58. The summed E-state index contributed by atoms with van der Waals surface area (Å²) in [5, 5.41) is 2.91. The van der Waals surface area contributed by atoms with Gasteiger partial charge >= 0.3 is 6.18 Å². The van der Waals surface area contributed by atoms with E-state index < -0.39 is 27.8 Å². The monoisotopic (exact) mass is 617 g/mol. The van der Waals surface area contributed by atoms with Gasteiger partial charge in [0.25, 0.3) is 0 Å². The summed E-state index contributed by atoms with van der Waals surface area (Å²) in [6.45, 7) is 4.24. The van der Waals surface area contributed by atoms with Crippen LogP contribution in [0.15, 0.2) is 78.9 Å². The lowest BCUT2D eigenvalue weighted by molar-refractivity contribution is -0.141. The number of benzene rings is 3. The second-order valence-corrected chi connectivity index (χ2v) is 12.4. The summed E-state index contributed by atoms with van der Waals surface area (Å²) < 4.78 is 65.9. The van der Waals surface area contributed by atoms with Crippen molar-refractivity contribution in [1.82, 2.24) is 10.2 Å². The molecule has 43 heavy (non-hydrogen) atoms. The van der Waals surface area contributed by atoms with E-state index in [9.17, 15) is 31.2 Å². The van der Waals surface area contributed by atoms with E-state index in [0.29, 0.717) is 13.0 Å². The number of hydrogen-bond donors (Lipinski definition) is 1. The second kappa shape index (κ2) is 15.0. The molecule has 3 rings (SSSR count). The predicted molar refractivity (Wildman–Crippen MR) is 162 cm³/mol. The van der Waals surface area contributed by atoms with Crippen molar-refractivity contribution in [1.29, 1.82) is 0 Å². The molecule has 0 bridgehead atoms. The van der Waals surface area contributed by atoms with Crippen LogP contribution in [0.4, 0.5) is 18.9 Å². The lowest BCUT2D eigenvalue weighted by atomic mass is 10.0. The number of alkyl halides is 3. The zero-order valence-corrected chi connectivity index (χ0v) is 25.4. The van der Waals surface area contributed by atoms with Crippen LogP contribution < -0.4 is 9.62 Å². The number of anilines is 1. The summed E-state index contributed by atoms with van der Waals surface area (Å²) in [7, 11) is -3.96. The van der Waals surface area contributed by atoms with Gasteiger partial charge in [0, 0.05) is 32.5 Å². The lowest BCUT2D eigenvalue weighted by Crippen LogP contribution is -2.50. The minimum Gasteiger partial charge on any atom is -0.354 e. The highest BCUT2D eigenvalue weighted by molar-refractivity contribution is 7.92. The first-order valence-electron chi connectivity index (χ1n) is 14.1. The number of aryl methyl sites for hydroxylation is 1. The SMILES string of the molecule is CCCNC(=O)C(Cc1ccccc1)N(Cc1cccc(C)c1)C(=O)CCCN(c1cccc(C(F)(F)F)c1)S(C)(=O)=O. The van der Waals surface area contributed by atoms with Crippen LogP contribution in [-0.4, -0.2) is 50.5 Å². The molecule has 1 atom stereocenters. The van der Waals surface area contributed by atoms with Gasteiger partial charge in [0.1, 0.15) is 6.04 Å². The van der Waals surface area contributed by atoms with Crippen molar-refractivity contribution >= 4 is 27.5 Å². The number of amides is 2. The van der Waals surface area contributed by atoms with Gasteiger partial charge < -0.3 is 10.2 Å². The van der Waals surface area contributed by atoms with Crippen molar-refractivity contribution in [3.63, 3.8) is 0 Å². The Bertz CT molecular complexity index is 1480. The summed E-state index contributed by atoms with van der Waals surface area (Å²) in [6, 6.07) is 20.2. The van der Waals surface area contributed by atoms with E-state index in [0.717, 1.165) is 45.5 Å². The third-order valence-electron chi connectivity index (χ3n) is 6.87. The van der Waals surface area contributed by atoms with Crippen LogP contribution >= 0.6 is 0 Å². The van der Waals surface area contributed by atoms with E-state index in [1.165, 1.54) is 11.0 Å². The van der Waals surface area contributed by atoms with Crippen LogP contribution in [0.2, 0.25) is 0 Å². The summed E-state index contributed by atoms with van der Waals surface area (Å²) in [4.78, 5) is 28.8. The second-order valence-electron chi connectivity index (χ2n) is 10.5. The fraction of sp³-hybridized carbons (Fsp3) is 0.375. The standard InChI is InChI=1S/C32H38F3N3O4S/c1-4-18-36-31(40)29(21-25-12-6-5-7-13-25)37(23-26-14-8-11-24(2)20-26)30(39)17-10-19-38(43(3,41)42)28-16-9-15-27(22-28)32(33,34)35/h5-9,11-16,20,22,29H,4,10,17-19,21,23H2,1-3H3,(H,36,40). The molecule has 0 aliphatic rings. The Morgan fingerprint density at radius 3 is 2.23 bits per heavy atom. The molecule has 0 aromatic heterocycles. The molecule has 0 spiro atoms. The minimum absolute atomic E-state index is 0.0289. The molecule has 1 unspecified atom stereocenters. The van der Waals surface area contributed by atoms with Gasteiger partial charge in [-0.05, 0) is 49.1 Å². The van der Waals surface area contributed by atoms with E-state index in [4.69, 9.17) is 0 Å². The number of sulfonamides is 1. The number of carbonyl (C=O) groups is 2. The molecule has 0 radical (unpaired) electrons. The topological polar surface area (TPSA) is 86.8 Å². The quantitative estimate of drug-likeness (QED) is 0.251. The molecule has 3 aromatic rings. The maximum atomic E-state index is 13.8. The molecule has 11 heteroatoms. The average Bonchev–Trinajstić information content (AvgIpc) is 2.95.